The predicted octanol–water partition coefficient (Wildman–Crippen LogP) is 8.09. The highest BCUT2D eigenvalue weighted by Gasteiger charge is 2.26. The number of benzene rings is 2. The molecule has 0 bridgehead atoms. The summed E-state index contributed by atoms with van der Waals surface area (Å²) in [5, 5.41) is 8.91. The van der Waals surface area contributed by atoms with Gasteiger partial charge < -0.3 is 9.47 Å². The number of hydrogen-bond donors (Lipinski definition) is 0. The minimum absolute atomic E-state index is 0.0703. The fraction of sp³-hybridized carbons (Fsp3) is 0.533. The third-order valence-corrected chi connectivity index (χ3v) is 6.43. The summed E-state index contributed by atoms with van der Waals surface area (Å²) in [6.45, 7) is 7.22. The van der Waals surface area contributed by atoms with Crippen molar-refractivity contribution in [2.75, 3.05) is 13.2 Å². The largest absolute Gasteiger partial charge is 0.494 e. The highest BCUT2D eigenvalue weighted by atomic mass is 16.5. The quantitative estimate of drug-likeness (QED) is 0.186. The van der Waals surface area contributed by atoms with Crippen LogP contribution in [0.1, 0.15) is 90.5 Å². The molecule has 0 heterocycles. The Bertz CT molecular complexity index is 879. The SMILES string of the molecule is CCC(C)(C)C(=O)OCCCCCCCCCCCOc1ccc(-c2ccc(C#N)cc2)cc1. The lowest BCUT2D eigenvalue weighted by molar-refractivity contribution is -0.154. The van der Waals surface area contributed by atoms with Crippen LogP contribution in [0.2, 0.25) is 0 Å². The van der Waals surface area contributed by atoms with Crippen molar-refractivity contribution in [3.05, 3.63) is 54.1 Å². The van der Waals surface area contributed by atoms with Crippen molar-refractivity contribution in [3.63, 3.8) is 0 Å². The molecule has 34 heavy (non-hydrogen) atoms. The van der Waals surface area contributed by atoms with Crippen LogP contribution in [0, 0.1) is 16.7 Å². The fourth-order valence-corrected chi connectivity index (χ4v) is 3.62. The van der Waals surface area contributed by atoms with Gasteiger partial charge in [-0.1, -0.05) is 76.1 Å². The highest BCUT2D eigenvalue weighted by Crippen LogP contribution is 2.23. The molecular weight excluding hydrogens is 422 g/mol. The van der Waals surface area contributed by atoms with Gasteiger partial charge in [0.25, 0.3) is 0 Å². The van der Waals surface area contributed by atoms with Crippen molar-refractivity contribution in [1.82, 2.24) is 0 Å². The van der Waals surface area contributed by atoms with Crippen molar-refractivity contribution in [3.8, 4) is 22.9 Å². The van der Waals surface area contributed by atoms with Crippen LogP contribution in [0.4, 0.5) is 0 Å². The van der Waals surface area contributed by atoms with Gasteiger partial charge in [0.15, 0.2) is 0 Å². The summed E-state index contributed by atoms with van der Waals surface area (Å²) in [7, 11) is 0. The molecule has 0 aromatic heterocycles. The van der Waals surface area contributed by atoms with E-state index >= 15 is 0 Å². The number of hydrogen-bond acceptors (Lipinski definition) is 4. The molecule has 0 saturated heterocycles. The van der Waals surface area contributed by atoms with Crippen LogP contribution >= 0.6 is 0 Å². The van der Waals surface area contributed by atoms with Gasteiger partial charge in [0.1, 0.15) is 5.75 Å². The van der Waals surface area contributed by atoms with Crippen molar-refractivity contribution < 1.29 is 14.3 Å². The molecule has 2 aromatic rings. The van der Waals surface area contributed by atoms with Crippen LogP contribution in [-0.4, -0.2) is 19.2 Å². The molecule has 0 fully saturated rings. The number of esters is 1. The molecule has 0 aliphatic rings. The number of nitrogens with zero attached hydrogens (tertiary/aromatic N) is 1. The van der Waals surface area contributed by atoms with E-state index in [0.717, 1.165) is 49.2 Å². The molecule has 4 nitrogen and oxygen atoms in total. The monoisotopic (exact) mass is 463 g/mol. The van der Waals surface area contributed by atoms with Gasteiger partial charge in [0.05, 0.1) is 30.3 Å². The Labute approximate surface area is 206 Å². The topological polar surface area (TPSA) is 59.3 Å². The van der Waals surface area contributed by atoms with E-state index in [1.807, 2.05) is 57.2 Å². The van der Waals surface area contributed by atoms with Crippen molar-refractivity contribution in [1.29, 1.82) is 5.26 Å². The van der Waals surface area contributed by atoms with E-state index in [0.29, 0.717) is 12.2 Å². The molecule has 0 unspecified atom stereocenters. The summed E-state index contributed by atoms with van der Waals surface area (Å²) in [6.07, 6.45) is 11.5. The molecular formula is C30H41NO3. The Hall–Kier alpha value is -2.80. The molecule has 2 aromatic carbocycles. The molecule has 4 heteroatoms. The zero-order valence-electron chi connectivity index (χ0n) is 21.3. The second kappa shape index (κ2) is 15.2. The van der Waals surface area contributed by atoms with Gasteiger partial charge in [0.2, 0.25) is 0 Å². The summed E-state index contributed by atoms with van der Waals surface area (Å²) in [5.74, 6) is 0.834. The van der Waals surface area contributed by atoms with Gasteiger partial charge in [-0.05, 0) is 68.5 Å². The lowest BCUT2D eigenvalue weighted by Gasteiger charge is -2.20. The van der Waals surface area contributed by atoms with Gasteiger partial charge in [0, 0.05) is 0 Å². The summed E-state index contributed by atoms with van der Waals surface area (Å²) in [5.41, 5.74) is 2.54. The maximum atomic E-state index is 11.9. The van der Waals surface area contributed by atoms with Crippen LogP contribution in [0.5, 0.6) is 5.75 Å². The fourth-order valence-electron chi connectivity index (χ4n) is 3.62. The second-order valence-electron chi connectivity index (χ2n) is 9.62. The number of carbonyl (C=O) groups excluding carboxylic acids is 1. The second-order valence-corrected chi connectivity index (χ2v) is 9.62. The molecule has 184 valence electrons. The minimum Gasteiger partial charge on any atom is -0.494 e. The van der Waals surface area contributed by atoms with E-state index in [1.54, 1.807) is 0 Å². The first-order valence-electron chi connectivity index (χ1n) is 12.9. The zero-order valence-corrected chi connectivity index (χ0v) is 21.3. The third-order valence-electron chi connectivity index (χ3n) is 6.43. The Morgan fingerprint density at radius 3 is 1.74 bits per heavy atom. The van der Waals surface area contributed by atoms with E-state index in [1.165, 1.54) is 38.5 Å². The summed E-state index contributed by atoms with van der Waals surface area (Å²) < 4.78 is 11.3. The van der Waals surface area contributed by atoms with Crippen molar-refractivity contribution in [2.45, 2.75) is 85.0 Å². The first kappa shape index (κ1) is 27.4. The predicted molar refractivity (Wildman–Crippen MR) is 139 cm³/mol. The maximum absolute atomic E-state index is 11.9. The number of rotatable bonds is 16. The summed E-state index contributed by atoms with van der Waals surface area (Å²) in [4.78, 5) is 11.9. The van der Waals surface area contributed by atoms with Crippen LogP contribution in [0.25, 0.3) is 11.1 Å². The molecule has 0 spiro atoms. The first-order chi connectivity index (χ1) is 16.5. The standard InChI is InChI=1S/C30H41NO3/c1-4-30(2,3)29(32)34-23-13-11-9-7-5-6-8-10-12-22-33-28-20-18-27(19-21-28)26-16-14-25(24-31)15-17-26/h14-21H,4-13,22-23H2,1-3H3. The zero-order chi connectivity index (χ0) is 24.7. The number of ether oxygens (including phenoxy) is 2. The molecule has 0 amide bonds. The molecule has 0 atom stereocenters. The molecule has 0 radical (unpaired) electrons. The lowest BCUT2D eigenvalue weighted by Crippen LogP contribution is -2.26. The van der Waals surface area contributed by atoms with Crippen LogP contribution < -0.4 is 4.74 Å². The Balaban J connectivity index is 1.44. The van der Waals surface area contributed by atoms with Gasteiger partial charge in [-0.3, -0.25) is 4.79 Å². The summed E-state index contributed by atoms with van der Waals surface area (Å²) >= 11 is 0. The third kappa shape index (κ3) is 10.00. The molecule has 2 rings (SSSR count). The minimum atomic E-state index is -0.358. The molecule has 0 saturated carbocycles. The van der Waals surface area contributed by atoms with E-state index in [9.17, 15) is 4.79 Å². The van der Waals surface area contributed by atoms with Crippen LogP contribution in [0.15, 0.2) is 48.5 Å². The van der Waals surface area contributed by atoms with E-state index < -0.39 is 0 Å². The lowest BCUT2D eigenvalue weighted by atomic mass is 9.91. The number of carbonyl (C=O) groups is 1. The Kier molecular flexibility index (Phi) is 12.2. The average Bonchev–Trinajstić information content (AvgIpc) is 2.87. The molecule has 0 aliphatic carbocycles. The Morgan fingerprint density at radius 1 is 0.765 bits per heavy atom. The maximum Gasteiger partial charge on any atom is 0.311 e. The smallest absolute Gasteiger partial charge is 0.311 e. The highest BCUT2D eigenvalue weighted by molar-refractivity contribution is 5.75. The van der Waals surface area contributed by atoms with Gasteiger partial charge in [-0.15, -0.1) is 0 Å². The van der Waals surface area contributed by atoms with E-state index in [4.69, 9.17) is 14.7 Å². The van der Waals surface area contributed by atoms with E-state index in [2.05, 4.69) is 18.2 Å². The van der Waals surface area contributed by atoms with Crippen LogP contribution in [0.3, 0.4) is 0 Å². The Morgan fingerprint density at radius 2 is 1.24 bits per heavy atom. The molecule has 0 aliphatic heterocycles. The number of unbranched alkanes of at least 4 members (excludes halogenated alkanes) is 8. The van der Waals surface area contributed by atoms with Crippen molar-refractivity contribution >= 4 is 5.97 Å². The van der Waals surface area contributed by atoms with Gasteiger partial charge >= 0.3 is 5.97 Å². The van der Waals surface area contributed by atoms with Crippen LogP contribution in [-0.2, 0) is 9.53 Å². The van der Waals surface area contributed by atoms with Gasteiger partial charge in [-0.2, -0.15) is 5.26 Å². The van der Waals surface area contributed by atoms with Crippen molar-refractivity contribution in [2.24, 2.45) is 5.41 Å². The average molecular weight is 464 g/mol. The van der Waals surface area contributed by atoms with E-state index in [-0.39, 0.29) is 11.4 Å². The number of nitriles is 1. The van der Waals surface area contributed by atoms with Gasteiger partial charge in [-0.25, -0.2) is 0 Å². The molecule has 0 N–H and O–H groups in total. The normalized spacial score (nSPS) is 11.1. The summed E-state index contributed by atoms with van der Waals surface area (Å²) in [6, 6.07) is 17.9. The first-order valence-corrected chi connectivity index (χ1v) is 12.9.